The molecule has 0 saturated heterocycles. The molecule has 5 heteroatoms. The number of nitrogens with one attached hydrogen (secondary N) is 1. The average Bonchev–Trinajstić information content (AvgIpc) is 2.41. The first-order valence-corrected chi connectivity index (χ1v) is 7.80. The summed E-state index contributed by atoms with van der Waals surface area (Å²) >= 11 is 6.01. The molecule has 118 valence electrons. The number of hydrogen-bond acceptors (Lipinski definition) is 3. The van der Waals surface area contributed by atoms with Crippen LogP contribution in [0.3, 0.4) is 0 Å². The zero-order valence-corrected chi connectivity index (χ0v) is 13.7. The van der Waals surface area contributed by atoms with Crippen LogP contribution in [-0.2, 0) is 11.2 Å². The molecule has 0 aliphatic heterocycles. The van der Waals surface area contributed by atoms with E-state index in [-0.39, 0.29) is 11.9 Å². The van der Waals surface area contributed by atoms with Crippen molar-refractivity contribution in [2.75, 3.05) is 6.54 Å². The normalized spacial score (nSPS) is 13.6. The van der Waals surface area contributed by atoms with Crippen LogP contribution in [0.5, 0.6) is 5.75 Å². The number of unbranched alkanes of at least 4 members (excludes halogenated alkanes) is 1. The molecule has 0 heterocycles. The summed E-state index contributed by atoms with van der Waals surface area (Å²) in [5.41, 5.74) is 6.76. The first-order valence-electron chi connectivity index (χ1n) is 7.42. The number of nitrogens with two attached hydrogens (primary N) is 1. The van der Waals surface area contributed by atoms with Gasteiger partial charge in [0.1, 0.15) is 5.75 Å². The molecule has 1 amide bonds. The number of amides is 1. The maximum absolute atomic E-state index is 11.9. The lowest BCUT2D eigenvalue weighted by atomic mass is 10.1. The molecule has 0 saturated carbocycles. The lowest BCUT2D eigenvalue weighted by molar-refractivity contribution is -0.127. The van der Waals surface area contributed by atoms with Crippen LogP contribution in [0.25, 0.3) is 0 Å². The van der Waals surface area contributed by atoms with Gasteiger partial charge in [0.2, 0.25) is 0 Å². The summed E-state index contributed by atoms with van der Waals surface area (Å²) < 4.78 is 5.77. The number of rotatable bonds is 8. The van der Waals surface area contributed by atoms with Crippen LogP contribution in [0, 0.1) is 0 Å². The van der Waals surface area contributed by atoms with Gasteiger partial charge in [-0.3, -0.25) is 4.79 Å². The van der Waals surface area contributed by atoms with Crippen molar-refractivity contribution in [2.24, 2.45) is 5.73 Å². The minimum absolute atomic E-state index is 0.000460. The van der Waals surface area contributed by atoms with E-state index in [1.807, 2.05) is 13.0 Å². The van der Waals surface area contributed by atoms with E-state index in [0.717, 1.165) is 18.4 Å². The van der Waals surface area contributed by atoms with Crippen molar-refractivity contribution in [3.63, 3.8) is 0 Å². The highest BCUT2D eigenvalue weighted by Gasteiger charge is 2.16. The molecule has 3 N–H and O–H groups in total. The Labute approximate surface area is 132 Å². The second kappa shape index (κ2) is 8.90. The molecule has 0 bridgehead atoms. The number of carbonyl (C=O) groups excluding carboxylic acids is 1. The van der Waals surface area contributed by atoms with Crippen LogP contribution >= 0.6 is 11.6 Å². The summed E-state index contributed by atoms with van der Waals surface area (Å²) in [6.45, 7) is 6.42. The molecule has 0 fully saturated rings. The Hall–Kier alpha value is -1.26. The smallest absolute Gasteiger partial charge is 0.260 e. The van der Waals surface area contributed by atoms with E-state index >= 15 is 0 Å². The van der Waals surface area contributed by atoms with Crippen molar-refractivity contribution in [1.82, 2.24) is 5.32 Å². The number of benzene rings is 1. The Kier molecular flexibility index (Phi) is 7.54. The summed E-state index contributed by atoms with van der Waals surface area (Å²) in [4.78, 5) is 11.9. The van der Waals surface area contributed by atoms with E-state index in [0.29, 0.717) is 23.7 Å². The topological polar surface area (TPSA) is 64.3 Å². The fourth-order valence-corrected chi connectivity index (χ4v) is 2.14. The highest BCUT2D eigenvalue weighted by atomic mass is 35.5. The molecule has 0 aliphatic carbocycles. The molecule has 1 aromatic rings. The third-order valence-corrected chi connectivity index (χ3v) is 3.30. The molecule has 1 rings (SSSR count). The van der Waals surface area contributed by atoms with Gasteiger partial charge in [-0.15, -0.1) is 0 Å². The van der Waals surface area contributed by atoms with Crippen molar-refractivity contribution in [1.29, 1.82) is 0 Å². The van der Waals surface area contributed by atoms with Gasteiger partial charge in [-0.2, -0.15) is 0 Å². The average molecular weight is 313 g/mol. The zero-order valence-electron chi connectivity index (χ0n) is 13.0. The standard InChI is InChI=1S/C16H25ClN2O2/c1-4-5-8-19-16(20)12(3)21-15-7-6-14(17)10-13(15)9-11(2)18/h6-7,10-12H,4-5,8-9,18H2,1-3H3,(H,19,20). The quantitative estimate of drug-likeness (QED) is 0.725. The van der Waals surface area contributed by atoms with E-state index < -0.39 is 6.10 Å². The summed E-state index contributed by atoms with van der Waals surface area (Å²) in [6, 6.07) is 5.38. The van der Waals surface area contributed by atoms with Gasteiger partial charge in [-0.25, -0.2) is 0 Å². The minimum atomic E-state index is -0.546. The molecule has 0 aliphatic rings. The fraction of sp³-hybridized carbons (Fsp3) is 0.562. The number of carbonyl (C=O) groups is 1. The third-order valence-electron chi connectivity index (χ3n) is 3.07. The molecule has 0 aromatic heterocycles. The van der Waals surface area contributed by atoms with Crippen LogP contribution in [0.4, 0.5) is 0 Å². The fourth-order valence-electron chi connectivity index (χ4n) is 1.95. The van der Waals surface area contributed by atoms with Crippen molar-refractivity contribution < 1.29 is 9.53 Å². The summed E-state index contributed by atoms with van der Waals surface area (Å²) in [6.07, 6.45) is 2.12. The zero-order chi connectivity index (χ0) is 15.8. The minimum Gasteiger partial charge on any atom is -0.481 e. The van der Waals surface area contributed by atoms with E-state index in [2.05, 4.69) is 12.2 Å². The number of ether oxygens (including phenoxy) is 1. The monoisotopic (exact) mass is 312 g/mol. The maximum atomic E-state index is 11.9. The van der Waals surface area contributed by atoms with Crippen molar-refractivity contribution in [3.05, 3.63) is 28.8 Å². The van der Waals surface area contributed by atoms with E-state index in [1.54, 1.807) is 19.1 Å². The highest BCUT2D eigenvalue weighted by molar-refractivity contribution is 6.30. The Morgan fingerprint density at radius 1 is 1.43 bits per heavy atom. The van der Waals surface area contributed by atoms with Gasteiger partial charge >= 0.3 is 0 Å². The van der Waals surface area contributed by atoms with Gasteiger partial charge in [-0.1, -0.05) is 24.9 Å². The van der Waals surface area contributed by atoms with E-state index in [4.69, 9.17) is 22.1 Å². The molecule has 4 nitrogen and oxygen atoms in total. The predicted octanol–water partition coefficient (Wildman–Crippen LogP) is 2.91. The summed E-state index contributed by atoms with van der Waals surface area (Å²) in [5.74, 6) is 0.556. The second-order valence-electron chi connectivity index (χ2n) is 5.34. The lowest BCUT2D eigenvalue weighted by Gasteiger charge is -2.18. The molecule has 0 radical (unpaired) electrons. The summed E-state index contributed by atoms with van der Waals surface area (Å²) in [5, 5.41) is 3.50. The lowest BCUT2D eigenvalue weighted by Crippen LogP contribution is -2.37. The molecule has 2 atom stereocenters. The van der Waals surface area contributed by atoms with E-state index in [9.17, 15) is 4.79 Å². The van der Waals surface area contributed by atoms with Crippen LogP contribution < -0.4 is 15.8 Å². The number of halogens is 1. The third kappa shape index (κ3) is 6.36. The van der Waals surface area contributed by atoms with E-state index in [1.165, 1.54) is 0 Å². The molecular weight excluding hydrogens is 288 g/mol. The second-order valence-corrected chi connectivity index (χ2v) is 5.77. The van der Waals surface area contributed by atoms with Crippen molar-refractivity contribution in [2.45, 2.75) is 52.2 Å². The molecule has 1 aromatic carbocycles. The Morgan fingerprint density at radius 2 is 2.14 bits per heavy atom. The SMILES string of the molecule is CCCCNC(=O)C(C)Oc1ccc(Cl)cc1CC(C)N. The molecule has 0 spiro atoms. The van der Waals surface area contributed by atoms with Gasteiger partial charge in [0.15, 0.2) is 6.10 Å². The Morgan fingerprint density at radius 3 is 2.76 bits per heavy atom. The molecule has 21 heavy (non-hydrogen) atoms. The van der Waals surface area contributed by atoms with Crippen LogP contribution in [0.15, 0.2) is 18.2 Å². The van der Waals surface area contributed by atoms with Crippen molar-refractivity contribution in [3.8, 4) is 5.75 Å². The summed E-state index contributed by atoms with van der Waals surface area (Å²) in [7, 11) is 0. The van der Waals surface area contributed by atoms with Gasteiger partial charge in [0.25, 0.3) is 5.91 Å². The largest absolute Gasteiger partial charge is 0.481 e. The van der Waals surface area contributed by atoms with Gasteiger partial charge in [0.05, 0.1) is 0 Å². The molecular formula is C16H25ClN2O2. The predicted molar refractivity (Wildman–Crippen MR) is 86.8 cm³/mol. The van der Waals surface area contributed by atoms with Crippen LogP contribution in [0.1, 0.15) is 39.2 Å². The van der Waals surface area contributed by atoms with Gasteiger partial charge < -0.3 is 15.8 Å². The van der Waals surface area contributed by atoms with Crippen LogP contribution in [0.2, 0.25) is 5.02 Å². The first-order chi connectivity index (χ1) is 9.93. The van der Waals surface area contributed by atoms with Gasteiger partial charge in [-0.05, 0) is 50.5 Å². The Bertz CT molecular complexity index is 464. The first kappa shape index (κ1) is 17.8. The highest BCUT2D eigenvalue weighted by Crippen LogP contribution is 2.25. The number of hydrogen-bond donors (Lipinski definition) is 2. The van der Waals surface area contributed by atoms with Crippen molar-refractivity contribution >= 4 is 17.5 Å². The Balaban J connectivity index is 2.70. The van der Waals surface area contributed by atoms with Crippen LogP contribution in [-0.4, -0.2) is 24.6 Å². The van der Waals surface area contributed by atoms with Gasteiger partial charge in [0, 0.05) is 17.6 Å². The maximum Gasteiger partial charge on any atom is 0.260 e. The molecule has 2 unspecified atom stereocenters.